The van der Waals surface area contributed by atoms with E-state index in [2.05, 4.69) is 10.6 Å². The van der Waals surface area contributed by atoms with E-state index in [1.165, 1.54) is 0 Å². The fourth-order valence-corrected chi connectivity index (χ4v) is 8.43. The zero-order chi connectivity index (χ0) is 50.7. The van der Waals surface area contributed by atoms with Crippen molar-refractivity contribution >= 4 is 17.8 Å². The summed E-state index contributed by atoms with van der Waals surface area (Å²) in [5.74, 6) is -6.55. The minimum Gasteiger partial charge on any atom is -0.477 e. The lowest BCUT2D eigenvalue weighted by Gasteiger charge is -2.50. The van der Waals surface area contributed by atoms with Crippen molar-refractivity contribution < 1.29 is 144 Å². The SMILES string of the molecule is CC(=O)N[C@H]1[C@H](O[C@H]2[C@@H](O)[C@@H](CO)O[C@@H](O[C@H]3[C@H](O)[C@@H](O)[C@@H](O)O[C@@H]3CO)[C@@H]2O)O[C@H](CO)[C@@H](O[C@@H]2O[C@H](CO[C@@]3(C(=O)O)C[C@@H](O)[C@@H](NC(C)=O)[C@H]([C@H](O)[C@H](O)CO)O3)[C@H](O)[C@H](O)[C@H]2O)[C@@H]1O. The maximum Gasteiger partial charge on any atom is 0.364 e. The summed E-state index contributed by atoms with van der Waals surface area (Å²) in [4.78, 5) is 37.1. The molecule has 5 heterocycles. The first-order valence-corrected chi connectivity index (χ1v) is 21.2. The molecule has 0 saturated carbocycles. The van der Waals surface area contributed by atoms with Crippen molar-refractivity contribution in [3.8, 4) is 0 Å². The molecule has 31 nitrogen and oxygen atoms in total. The van der Waals surface area contributed by atoms with Crippen molar-refractivity contribution in [3.63, 3.8) is 0 Å². The standard InChI is InChI=1S/C37H62N2O29/c1-9(44)38-17-11(46)3-37(36(58)59,68-30(17)19(48)12(47)4-40)60-8-16-20(49)23(52)26(55)34(64-16)65-28-15(7-43)63-33(18(22(28)51)39-10(2)45)67-31-21(50)13(5-41)62-35(27(31)56)66-29-14(6-42)61-32(57)25(54)24(29)53/h11-35,40-43,46-57H,3-8H2,1-2H3,(H,38,44)(H,39,45)(H,58,59)/t11-,12-,13-,14-,15-,16-,17-,18-,19-,20+,21+,22-,23+,24-,25-,26-,27-,28-,29-,30-,31+,32+,33+,34+,35+,37+/m1/s1. The summed E-state index contributed by atoms with van der Waals surface area (Å²) in [6, 6.07) is -3.37. The second-order valence-electron chi connectivity index (χ2n) is 16.9. The van der Waals surface area contributed by atoms with Gasteiger partial charge in [0.15, 0.2) is 25.2 Å². The van der Waals surface area contributed by atoms with Gasteiger partial charge in [-0.2, -0.15) is 0 Å². The van der Waals surface area contributed by atoms with Gasteiger partial charge in [-0.05, 0) is 0 Å². The third-order valence-electron chi connectivity index (χ3n) is 12.1. The molecule has 5 aliphatic rings. The van der Waals surface area contributed by atoms with Crippen LogP contribution in [0.5, 0.6) is 0 Å². The maximum atomic E-state index is 12.7. The third-order valence-corrected chi connectivity index (χ3v) is 12.1. The molecule has 0 aromatic heterocycles. The molecule has 0 aromatic carbocycles. The molecule has 68 heavy (non-hydrogen) atoms. The lowest BCUT2D eigenvalue weighted by atomic mass is 9.88. The molecule has 31 heteroatoms. The van der Waals surface area contributed by atoms with Crippen molar-refractivity contribution in [2.75, 3.05) is 33.0 Å². The fraction of sp³-hybridized carbons (Fsp3) is 0.919. The summed E-state index contributed by atoms with van der Waals surface area (Å²) in [5, 5.41) is 184. The predicted molar refractivity (Wildman–Crippen MR) is 207 cm³/mol. The van der Waals surface area contributed by atoms with Crippen molar-refractivity contribution in [2.45, 2.75) is 179 Å². The molecule has 0 bridgehead atoms. The Morgan fingerprint density at radius 1 is 0.588 bits per heavy atom. The van der Waals surface area contributed by atoms with Crippen LogP contribution in [0.15, 0.2) is 0 Å². The Balaban J connectivity index is 1.35. The minimum absolute atomic E-state index is 0.776. The Bertz CT molecular complexity index is 1660. The first-order valence-electron chi connectivity index (χ1n) is 21.2. The van der Waals surface area contributed by atoms with E-state index < -0.39 is 216 Å². The molecule has 0 spiro atoms. The number of amides is 2. The first kappa shape index (κ1) is 56.3. The summed E-state index contributed by atoms with van der Waals surface area (Å²) in [6.45, 7) is -3.11. The van der Waals surface area contributed by atoms with E-state index in [0.717, 1.165) is 13.8 Å². The summed E-state index contributed by atoms with van der Waals surface area (Å²) in [7, 11) is 0. The number of aliphatic carboxylic acids is 1. The molecular weight excluding hydrogens is 936 g/mol. The molecule has 5 rings (SSSR count). The van der Waals surface area contributed by atoms with E-state index in [1.807, 2.05) is 0 Å². The second-order valence-corrected chi connectivity index (χ2v) is 16.9. The fourth-order valence-electron chi connectivity index (χ4n) is 8.43. The van der Waals surface area contributed by atoms with Crippen molar-refractivity contribution in [3.05, 3.63) is 0 Å². The summed E-state index contributed by atoms with van der Waals surface area (Å²) in [6.07, 6.45) is -46.1. The molecular formula is C37H62N2O29. The molecule has 0 aromatic rings. The molecule has 19 N–H and O–H groups in total. The highest BCUT2D eigenvalue weighted by Gasteiger charge is 2.59. The maximum absolute atomic E-state index is 12.7. The van der Waals surface area contributed by atoms with Gasteiger partial charge in [-0.25, -0.2) is 4.79 Å². The minimum atomic E-state index is -2.96. The number of carbonyl (C=O) groups is 3. The highest BCUT2D eigenvalue weighted by atomic mass is 16.8. The van der Waals surface area contributed by atoms with Crippen LogP contribution in [0.2, 0.25) is 0 Å². The van der Waals surface area contributed by atoms with Crippen LogP contribution in [-0.2, 0) is 57.0 Å². The van der Waals surface area contributed by atoms with Crippen LogP contribution in [0.25, 0.3) is 0 Å². The van der Waals surface area contributed by atoms with Gasteiger partial charge in [0.1, 0.15) is 116 Å². The lowest BCUT2D eigenvalue weighted by molar-refractivity contribution is -0.381. The normalized spacial score (nSPS) is 46.6. The van der Waals surface area contributed by atoms with Gasteiger partial charge in [-0.3, -0.25) is 9.59 Å². The summed E-state index contributed by atoms with van der Waals surface area (Å²) >= 11 is 0. The molecule has 0 aliphatic carbocycles. The van der Waals surface area contributed by atoms with Crippen LogP contribution in [0.3, 0.4) is 0 Å². The van der Waals surface area contributed by atoms with Gasteiger partial charge in [0.2, 0.25) is 11.8 Å². The number of carboxylic acids is 1. The van der Waals surface area contributed by atoms with Gasteiger partial charge in [-0.1, -0.05) is 0 Å². The molecule has 0 radical (unpaired) electrons. The smallest absolute Gasteiger partial charge is 0.364 e. The Morgan fingerprint density at radius 2 is 1.10 bits per heavy atom. The van der Waals surface area contributed by atoms with Crippen LogP contribution in [0.4, 0.5) is 0 Å². The summed E-state index contributed by atoms with van der Waals surface area (Å²) in [5.41, 5.74) is 0. The summed E-state index contributed by atoms with van der Waals surface area (Å²) < 4.78 is 50.3. The quantitative estimate of drug-likeness (QED) is 0.0606. The predicted octanol–water partition coefficient (Wildman–Crippen LogP) is -12.4. The van der Waals surface area contributed by atoms with Crippen molar-refractivity contribution in [1.29, 1.82) is 0 Å². The molecule has 26 atom stereocenters. The first-order chi connectivity index (χ1) is 31.9. The zero-order valence-electron chi connectivity index (χ0n) is 36.2. The van der Waals surface area contributed by atoms with E-state index in [0.29, 0.717) is 0 Å². The van der Waals surface area contributed by atoms with Crippen molar-refractivity contribution in [2.24, 2.45) is 0 Å². The van der Waals surface area contributed by atoms with Crippen LogP contribution >= 0.6 is 0 Å². The third kappa shape index (κ3) is 12.0. The Hall–Kier alpha value is -2.59. The van der Waals surface area contributed by atoms with Gasteiger partial charge in [0.25, 0.3) is 5.79 Å². The van der Waals surface area contributed by atoms with Crippen LogP contribution in [-0.4, -0.2) is 297 Å². The largest absolute Gasteiger partial charge is 0.477 e. The van der Waals surface area contributed by atoms with E-state index in [1.54, 1.807) is 0 Å². The number of carbonyl (C=O) groups excluding carboxylic acids is 2. The molecule has 5 fully saturated rings. The number of rotatable bonds is 18. The molecule has 5 aliphatic heterocycles. The van der Waals surface area contributed by atoms with E-state index >= 15 is 0 Å². The Morgan fingerprint density at radius 3 is 1.66 bits per heavy atom. The number of hydrogen-bond acceptors (Lipinski definition) is 28. The Labute approximate surface area is 384 Å². The average molecular weight is 999 g/mol. The number of hydrogen-bond donors (Lipinski definition) is 19. The Kier molecular flexibility index (Phi) is 19.7. The average Bonchev–Trinajstić information content (AvgIpc) is 3.29. The van der Waals surface area contributed by atoms with Crippen LogP contribution in [0, 0.1) is 0 Å². The van der Waals surface area contributed by atoms with Gasteiger partial charge in [-0.15, -0.1) is 0 Å². The van der Waals surface area contributed by atoms with E-state index in [-0.39, 0.29) is 0 Å². The van der Waals surface area contributed by atoms with Crippen LogP contribution in [0.1, 0.15) is 20.3 Å². The highest BCUT2D eigenvalue weighted by molar-refractivity contribution is 5.76. The second kappa shape index (κ2) is 23.8. The molecule has 0 unspecified atom stereocenters. The van der Waals surface area contributed by atoms with Gasteiger partial charge < -0.3 is 140 Å². The number of carboxylic acid groups (broad SMARTS) is 1. The number of nitrogens with one attached hydrogen (secondary N) is 2. The lowest BCUT2D eigenvalue weighted by Crippen LogP contribution is -2.70. The highest BCUT2D eigenvalue weighted by Crippen LogP contribution is 2.37. The number of aliphatic hydroxyl groups is 16. The number of ether oxygens (including phenoxy) is 9. The molecule has 2 amide bonds. The van der Waals surface area contributed by atoms with Crippen LogP contribution < -0.4 is 10.6 Å². The number of aliphatic hydroxyl groups excluding tert-OH is 16. The zero-order valence-corrected chi connectivity index (χ0v) is 36.2. The van der Waals surface area contributed by atoms with Crippen molar-refractivity contribution in [1.82, 2.24) is 10.6 Å². The van der Waals surface area contributed by atoms with Gasteiger partial charge in [0, 0.05) is 20.3 Å². The molecule has 5 saturated heterocycles. The monoisotopic (exact) mass is 998 g/mol. The van der Waals surface area contributed by atoms with Gasteiger partial charge in [0.05, 0.1) is 45.2 Å². The molecule has 394 valence electrons. The van der Waals surface area contributed by atoms with E-state index in [4.69, 9.17) is 42.6 Å². The topological polar surface area (TPSA) is 502 Å². The van der Waals surface area contributed by atoms with E-state index in [9.17, 15) is 101 Å². The van der Waals surface area contributed by atoms with Gasteiger partial charge >= 0.3 is 5.97 Å².